The highest BCUT2D eigenvalue weighted by Crippen LogP contribution is 2.55. The molecule has 0 atom stereocenters. The number of aromatic carboxylic acids is 1. The fourth-order valence-corrected chi connectivity index (χ4v) is 4.72. The quantitative estimate of drug-likeness (QED) is 0.637. The molecule has 1 aromatic rings. The molecule has 2 saturated carbocycles. The third kappa shape index (κ3) is 6.64. The molecule has 0 bridgehead atoms. The molecule has 1 heterocycles. The van der Waals surface area contributed by atoms with Crippen LogP contribution in [0.2, 0.25) is 0 Å². The Kier molecular flexibility index (Phi) is 9.53. The predicted octanol–water partition coefficient (Wildman–Crippen LogP) is 3.89. The van der Waals surface area contributed by atoms with Gasteiger partial charge in [0.1, 0.15) is 5.69 Å². The third-order valence-electron chi connectivity index (χ3n) is 4.56. The van der Waals surface area contributed by atoms with Crippen molar-refractivity contribution in [3.63, 3.8) is 0 Å². The molecule has 0 aromatic carbocycles. The van der Waals surface area contributed by atoms with E-state index in [2.05, 4.69) is 28.8 Å². The Balaban J connectivity index is 0.000000855. The summed E-state index contributed by atoms with van der Waals surface area (Å²) >= 11 is 2.14. The number of rotatable bonds is 9. The van der Waals surface area contributed by atoms with Crippen LogP contribution < -0.4 is 0 Å². The number of aromatic nitrogens is 2. The fourth-order valence-electron chi connectivity index (χ4n) is 3.01. The van der Waals surface area contributed by atoms with Crippen LogP contribution in [-0.4, -0.2) is 62.2 Å². The van der Waals surface area contributed by atoms with Crippen LogP contribution in [0.25, 0.3) is 0 Å². The lowest BCUT2D eigenvalue weighted by Crippen LogP contribution is -2.31. The second-order valence-corrected chi connectivity index (χ2v) is 8.52. The van der Waals surface area contributed by atoms with Crippen molar-refractivity contribution in [3.8, 4) is 0 Å². The Morgan fingerprint density at radius 1 is 1.33 bits per heavy atom. The maximum absolute atomic E-state index is 11.3. The molecule has 7 heteroatoms. The number of likely N-dealkylation sites (N-methyl/N-ethyl adjacent to an activating group) is 1. The van der Waals surface area contributed by atoms with E-state index < -0.39 is 5.97 Å². The smallest absolute Gasteiger partial charge is 0.356 e. The zero-order valence-corrected chi connectivity index (χ0v) is 18.4. The first kappa shape index (κ1) is 23.7. The zero-order valence-electron chi connectivity index (χ0n) is 17.6. The molecular weight excluding hydrogens is 362 g/mol. The van der Waals surface area contributed by atoms with Crippen molar-refractivity contribution in [2.24, 2.45) is 7.05 Å². The molecule has 0 unspecified atom stereocenters. The molecule has 2 fully saturated rings. The van der Waals surface area contributed by atoms with E-state index >= 15 is 0 Å². The lowest BCUT2D eigenvalue weighted by molar-refractivity contribution is 0.0688. The minimum atomic E-state index is -1.07. The molecule has 2 aliphatic rings. The molecule has 6 nitrogen and oxygen atoms in total. The number of hydrogen-bond donors (Lipinski definition) is 1. The van der Waals surface area contributed by atoms with Crippen molar-refractivity contribution in [1.29, 1.82) is 0 Å². The summed E-state index contributed by atoms with van der Waals surface area (Å²) in [6.07, 6.45) is 6.51. The van der Waals surface area contributed by atoms with Crippen molar-refractivity contribution in [3.05, 3.63) is 17.0 Å². The van der Waals surface area contributed by atoms with Gasteiger partial charge in [-0.05, 0) is 39.2 Å². The van der Waals surface area contributed by atoms with Crippen molar-refractivity contribution in [2.75, 3.05) is 20.1 Å². The Bertz CT molecular complexity index is 622. The van der Waals surface area contributed by atoms with Crippen molar-refractivity contribution >= 4 is 24.0 Å². The van der Waals surface area contributed by atoms with Crippen LogP contribution in [0.5, 0.6) is 0 Å². The Morgan fingerprint density at radius 2 is 1.93 bits per heavy atom. The lowest BCUT2D eigenvalue weighted by Gasteiger charge is -2.23. The second kappa shape index (κ2) is 10.9. The number of nitrogens with zero attached hydrogens (tertiary/aromatic N) is 3. The summed E-state index contributed by atoms with van der Waals surface area (Å²) in [4.78, 5) is 24.8. The van der Waals surface area contributed by atoms with Crippen LogP contribution in [0.15, 0.2) is 0 Å². The van der Waals surface area contributed by atoms with Gasteiger partial charge in [0.15, 0.2) is 12.0 Å². The van der Waals surface area contributed by atoms with Crippen molar-refractivity contribution in [2.45, 2.75) is 69.8 Å². The molecule has 3 rings (SSSR count). The van der Waals surface area contributed by atoms with Crippen LogP contribution in [-0.2, 0) is 13.5 Å². The number of carbonyl (C=O) groups is 2. The minimum Gasteiger partial charge on any atom is -0.476 e. The maximum atomic E-state index is 11.3. The van der Waals surface area contributed by atoms with Gasteiger partial charge in [-0.1, -0.05) is 27.7 Å². The van der Waals surface area contributed by atoms with E-state index in [1.54, 1.807) is 7.05 Å². The number of carboxylic acid groups (broad SMARTS) is 1. The van der Waals surface area contributed by atoms with Crippen LogP contribution in [0.4, 0.5) is 0 Å². The summed E-state index contributed by atoms with van der Waals surface area (Å²) in [5.41, 5.74) is 0.905. The average molecular weight is 398 g/mol. The highest BCUT2D eigenvalue weighted by atomic mass is 32.2. The first-order valence-electron chi connectivity index (χ1n) is 10.0. The number of aryl methyl sites for hydroxylation is 1. The van der Waals surface area contributed by atoms with Gasteiger partial charge in [0.05, 0.1) is 0 Å². The highest BCUT2D eigenvalue weighted by Gasteiger charge is 2.47. The Hall–Kier alpha value is -1.34. The second-order valence-electron chi connectivity index (χ2n) is 6.75. The molecule has 0 aliphatic heterocycles. The number of thioether (sulfide) groups is 1. The summed E-state index contributed by atoms with van der Waals surface area (Å²) in [6, 6.07) is 0. The van der Waals surface area contributed by atoms with Gasteiger partial charge in [0.25, 0.3) is 0 Å². The third-order valence-corrected chi connectivity index (χ3v) is 6.40. The number of hydrogen-bond acceptors (Lipinski definition) is 5. The molecule has 154 valence electrons. The standard InChI is InChI=1S/C16H23N3O3S.2C2H6/c1-18(10-16(6-7-16)23-11-3-4-11)8-5-12-13(9-20)19(2)17-14(12)15(21)22;2*1-2/h9,11H,3-8,10H2,1-2H3,(H,21,22);2*1-2H3. The van der Waals surface area contributed by atoms with E-state index in [-0.39, 0.29) is 5.69 Å². The summed E-state index contributed by atoms with van der Waals surface area (Å²) in [5, 5.41) is 14.1. The van der Waals surface area contributed by atoms with Gasteiger partial charge in [0, 0.05) is 35.7 Å². The van der Waals surface area contributed by atoms with Gasteiger partial charge in [-0.25, -0.2) is 4.79 Å². The maximum Gasteiger partial charge on any atom is 0.356 e. The topological polar surface area (TPSA) is 75.4 Å². The average Bonchev–Trinajstić information content (AvgIpc) is 3.59. The first-order valence-corrected chi connectivity index (χ1v) is 10.9. The number of carboxylic acids is 1. The van der Waals surface area contributed by atoms with Crippen LogP contribution in [0.3, 0.4) is 0 Å². The van der Waals surface area contributed by atoms with E-state index in [1.807, 2.05) is 27.7 Å². The summed E-state index contributed by atoms with van der Waals surface area (Å²) in [7, 11) is 3.68. The Labute approximate surface area is 167 Å². The van der Waals surface area contributed by atoms with Gasteiger partial charge >= 0.3 is 5.97 Å². The van der Waals surface area contributed by atoms with Gasteiger partial charge in [-0.2, -0.15) is 16.9 Å². The number of aldehydes is 1. The van der Waals surface area contributed by atoms with Gasteiger partial charge in [0.2, 0.25) is 0 Å². The van der Waals surface area contributed by atoms with Crippen LogP contribution in [0, 0.1) is 0 Å². The van der Waals surface area contributed by atoms with E-state index in [4.69, 9.17) is 0 Å². The predicted molar refractivity (Wildman–Crippen MR) is 112 cm³/mol. The molecule has 0 saturated heterocycles. The van der Waals surface area contributed by atoms with E-state index in [9.17, 15) is 14.7 Å². The fraction of sp³-hybridized carbons (Fsp3) is 0.750. The molecule has 27 heavy (non-hydrogen) atoms. The Morgan fingerprint density at radius 3 is 2.37 bits per heavy atom. The molecule has 0 spiro atoms. The monoisotopic (exact) mass is 397 g/mol. The zero-order chi connectivity index (χ0) is 20.6. The minimum absolute atomic E-state index is 0.00325. The molecule has 1 aromatic heterocycles. The molecule has 2 aliphatic carbocycles. The van der Waals surface area contributed by atoms with Gasteiger partial charge in [-0.15, -0.1) is 0 Å². The van der Waals surface area contributed by atoms with Crippen LogP contribution >= 0.6 is 11.8 Å². The largest absolute Gasteiger partial charge is 0.476 e. The highest BCUT2D eigenvalue weighted by molar-refractivity contribution is 8.01. The normalized spacial score (nSPS) is 16.7. The molecule has 1 N–H and O–H groups in total. The molecule has 0 amide bonds. The van der Waals surface area contributed by atoms with Crippen LogP contribution in [0.1, 0.15) is 79.9 Å². The van der Waals surface area contributed by atoms with E-state index in [0.29, 0.717) is 28.7 Å². The SMILES string of the molecule is CC.CC.CN(CCc1c(C(=O)O)nn(C)c1C=O)CC1(SC2CC2)CC1. The van der Waals surface area contributed by atoms with E-state index in [0.717, 1.165) is 18.3 Å². The van der Waals surface area contributed by atoms with Crippen molar-refractivity contribution in [1.82, 2.24) is 14.7 Å². The van der Waals surface area contributed by atoms with Crippen molar-refractivity contribution < 1.29 is 14.7 Å². The number of carbonyl (C=O) groups excluding carboxylic acids is 1. The lowest BCUT2D eigenvalue weighted by atomic mass is 10.1. The van der Waals surface area contributed by atoms with Gasteiger partial charge < -0.3 is 10.0 Å². The summed E-state index contributed by atoms with van der Waals surface area (Å²) in [6.45, 7) is 9.77. The van der Waals surface area contributed by atoms with E-state index in [1.165, 1.54) is 30.4 Å². The van der Waals surface area contributed by atoms with Gasteiger partial charge in [-0.3, -0.25) is 9.48 Å². The summed E-state index contributed by atoms with van der Waals surface area (Å²) in [5.74, 6) is -1.07. The molecular formula is C20H35N3O3S. The summed E-state index contributed by atoms with van der Waals surface area (Å²) < 4.78 is 1.78. The molecule has 0 radical (unpaired) electrons. The first-order chi connectivity index (χ1) is 12.9.